The molecule has 0 unspecified atom stereocenters. The molecule has 0 fully saturated rings. The Morgan fingerprint density at radius 1 is 1.24 bits per heavy atom. The topological polar surface area (TPSA) is 38.8 Å². The van der Waals surface area contributed by atoms with Crippen LogP contribution in [-0.4, -0.2) is 29.0 Å². The van der Waals surface area contributed by atoms with Crippen LogP contribution in [0.15, 0.2) is 24.8 Å². The van der Waals surface area contributed by atoms with E-state index in [1.807, 2.05) is 0 Å². The van der Waals surface area contributed by atoms with Gasteiger partial charge >= 0.3 is 12.5 Å². The summed E-state index contributed by atoms with van der Waals surface area (Å²) in [5.41, 5.74) is 0.276. The zero-order chi connectivity index (χ0) is 19.4. The molecular formula is C18H24F3NO3. The Hall–Kier alpha value is -2.18. The second kappa shape index (κ2) is 7.80. The first-order valence-electron chi connectivity index (χ1n) is 7.82. The number of benzene rings is 1. The van der Waals surface area contributed by atoms with E-state index in [1.54, 1.807) is 40.7 Å². The SMILES string of the molecule is C=Cc1cc(CN(C(=O)OC(C)(C)C)C(C)C)cc(OC(F)(F)F)c1. The molecule has 140 valence electrons. The van der Waals surface area contributed by atoms with Crippen LogP contribution < -0.4 is 4.74 Å². The highest BCUT2D eigenvalue weighted by molar-refractivity contribution is 5.68. The molecule has 0 aliphatic rings. The van der Waals surface area contributed by atoms with E-state index in [9.17, 15) is 18.0 Å². The molecule has 0 aliphatic heterocycles. The molecule has 0 aromatic heterocycles. The molecule has 1 rings (SSSR count). The maximum absolute atomic E-state index is 12.5. The molecule has 0 spiro atoms. The molecule has 1 amide bonds. The van der Waals surface area contributed by atoms with Crippen LogP contribution in [0.4, 0.5) is 18.0 Å². The van der Waals surface area contributed by atoms with Crippen molar-refractivity contribution in [3.63, 3.8) is 0 Å². The van der Waals surface area contributed by atoms with Crippen molar-refractivity contribution >= 4 is 12.2 Å². The molecule has 0 saturated heterocycles. The van der Waals surface area contributed by atoms with E-state index < -0.39 is 18.1 Å². The number of carbonyl (C=O) groups excluding carboxylic acids is 1. The van der Waals surface area contributed by atoms with Gasteiger partial charge in [-0.15, -0.1) is 13.2 Å². The maximum Gasteiger partial charge on any atom is 0.573 e. The lowest BCUT2D eigenvalue weighted by Crippen LogP contribution is -2.40. The van der Waals surface area contributed by atoms with Gasteiger partial charge in [-0.25, -0.2) is 4.79 Å². The van der Waals surface area contributed by atoms with Gasteiger partial charge in [0.15, 0.2) is 0 Å². The standard InChI is InChI=1S/C18H24F3NO3/c1-7-13-8-14(10-15(9-13)24-18(19,20)21)11-22(12(2)3)16(23)25-17(4,5)6/h7-10,12H,1,11H2,2-6H3. The van der Waals surface area contributed by atoms with Crippen LogP contribution in [0.2, 0.25) is 0 Å². The third-order valence-corrected chi connectivity index (χ3v) is 3.06. The lowest BCUT2D eigenvalue weighted by molar-refractivity contribution is -0.274. The summed E-state index contributed by atoms with van der Waals surface area (Å²) >= 11 is 0. The molecule has 25 heavy (non-hydrogen) atoms. The Kier molecular flexibility index (Phi) is 6.51. The van der Waals surface area contributed by atoms with Crippen molar-refractivity contribution in [3.05, 3.63) is 35.9 Å². The van der Waals surface area contributed by atoms with Crippen LogP contribution in [0.1, 0.15) is 45.7 Å². The summed E-state index contributed by atoms with van der Waals surface area (Å²) in [6.07, 6.45) is -3.91. The Morgan fingerprint density at radius 3 is 2.28 bits per heavy atom. The molecule has 7 heteroatoms. The smallest absolute Gasteiger partial charge is 0.444 e. The quantitative estimate of drug-likeness (QED) is 0.709. The minimum Gasteiger partial charge on any atom is -0.444 e. The normalized spacial score (nSPS) is 12.0. The molecule has 0 heterocycles. The predicted molar refractivity (Wildman–Crippen MR) is 90.1 cm³/mol. The van der Waals surface area contributed by atoms with Crippen LogP contribution in [0.25, 0.3) is 6.08 Å². The maximum atomic E-state index is 12.5. The van der Waals surface area contributed by atoms with Gasteiger partial charge in [-0.05, 0) is 63.9 Å². The van der Waals surface area contributed by atoms with Gasteiger partial charge in [0.1, 0.15) is 11.4 Å². The average Bonchev–Trinajstić information content (AvgIpc) is 2.40. The Balaban J connectivity index is 3.10. The minimum atomic E-state index is -4.79. The third-order valence-electron chi connectivity index (χ3n) is 3.06. The number of ether oxygens (including phenoxy) is 2. The van der Waals surface area contributed by atoms with Gasteiger partial charge in [0.2, 0.25) is 0 Å². The van der Waals surface area contributed by atoms with Gasteiger partial charge in [0, 0.05) is 12.6 Å². The van der Waals surface area contributed by atoms with Crippen LogP contribution in [-0.2, 0) is 11.3 Å². The van der Waals surface area contributed by atoms with E-state index in [1.165, 1.54) is 23.1 Å². The first-order chi connectivity index (χ1) is 11.3. The summed E-state index contributed by atoms with van der Waals surface area (Å²) < 4.78 is 46.8. The van der Waals surface area contributed by atoms with Crippen molar-refractivity contribution in [1.29, 1.82) is 0 Å². The van der Waals surface area contributed by atoms with Gasteiger partial charge in [0.05, 0.1) is 0 Å². The summed E-state index contributed by atoms with van der Waals surface area (Å²) in [7, 11) is 0. The first-order valence-corrected chi connectivity index (χ1v) is 7.82. The molecule has 0 saturated carbocycles. The molecule has 0 radical (unpaired) electrons. The summed E-state index contributed by atoms with van der Waals surface area (Å²) in [4.78, 5) is 13.8. The first kappa shape index (κ1) is 20.9. The Bertz CT molecular complexity index is 619. The van der Waals surface area contributed by atoms with E-state index in [-0.39, 0.29) is 18.3 Å². The molecule has 4 nitrogen and oxygen atoms in total. The monoisotopic (exact) mass is 359 g/mol. The van der Waals surface area contributed by atoms with Crippen molar-refractivity contribution in [2.45, 2.75) is 59.2 Å². The second-order valence-corrected chi connectivity index (χ2v) is 6.86. The van der Waals surface area contributed by atoms with E-state index >= 15 is 0 Å². The van der Waals surface area contributed by atoms with E-state index in [0.29, 0.717) is 11.1 Å². The summed E-state index contributed by atoms with van der Waals surface area (Å²) in [6.45, 7) is 12.5. The van der Waals surface area contributed by atoms with E-state index in [0.717, 1.165) is 0 Å². The van der Waals surface area contributed by atoms with Crippen LogP contribution in [0.5, 0.6) is 5.75 Å². The summed E-state index contributed by atoms with van der Waals surface area (Å²) in [6, 6.07) is 3.93. The number of hydrogen-bond acceptors (Lipinski definition) is 3. The van der Waals surface area contributed by atoms with Gasteiger partial charge in [-0.2, -0.15) is 0 Å². The number of amides is 1. The highest BCUT2D eigenvalue weighted by Crippen LogP contribution is 2.26. The molecule has 1 aromatic rings. The number of alkyl halides is 3. The van der Waals surface area contributed by atoms with E-state index in [4.69, 9.17) is 4.74 Å². The van der Waals surface area contributed by atoms with Crippen LogP contribution >= 0.6 is 0 Å². The van der Waals surface area contributed by atoms with Gasteiger partial charge in [-0.3, -0.25) is 0 Å². The predicted octanol–water partition coefficient (Wildman–Crippen LogP) is 5.37. The molecule has 0 bridgehead atoms. The number of rotatable bonds is 5. The van der Waals surface area contributed by atoms with Gasteiger partial charge < -0.3 is 14.4 Å². The van der Waals surface area contributed by atoms with Gasteiger partial charge in [0.25, 0.3) is 0 Å². The Morgan fingerprint density at radius 2 is 1.84 bits per heavy atom. The van der Waals surface area contributed by atoms with Crippen molar-refractivity contribution in [3.8, 4) is 5.75 Å². The Labute approximate surface area is 146 Å². The van der Waals surface area contributed by atoms with Crippen molar-refractivity contribution in [1.82, 2.24) is 4.90 Å². The number of carbonyl (C=O) groups is 1. The highest BCUT2D eigenvalue weighted by Gasteiger charge is 2.31. The average molecular weight is 359 g/mol. The molecule has 1 aromatic carbocycles. The largest absolute Gasteiger partial charge is 0.573 e. The zero-order valence-corrected chi connectivity index (χ0v) is 15.1. The molecule has 0 atom stereocenters. The summed E-state index contributed by atoms with van der Waals surface area (Å²) in [5.74, 6) is -0.354. The number of hydrogen-bond donors (Lipinski definition) is 0. The molecular weight excluding hydrogens is 335 g/mol. The zero-order valence-electron chi connectivity index (χ0n) is 15.1. The minimum absolute atomic E-state index is 0.0858. The van der Waals surface area contributed by atoms with Gasteiger partial charge in [-0.1, -0.05) is 12.7 Å². The van der Waals surface area contributed by atoms with Crippen molar-refractivity contribution < 1.29 is 27.4 Å². The van der Waals surface area contributed by atoms with Crippen LogP contribution in [0, 0.1) is 0 Å². The fourth-order valence-corrected chi connectivity index (χ4v) is 2.06. The summed E-state index contributed by atoms with van der Waals surface area (Å²) in [5, 5.41) is 0. The van der Waals surface area contributed by atoms with Crippen molar-refractivity contribution in [2.75, 3.05) is 0 Å². The van der Waals surface area contributed by atoms with E-state index in [2.05, 4.69) is 11.3 Å². The lowest BCUT2D eigenvalue weighted by atomic mass is 10.1. The second-order valence-electron chi connectivity index (χ2n) is 6.86. The third kappa shape index (κ3) is 7.49. The lowest BCUT2D eigenvalue weighted by Gasteiger charge is -2.30. The fourth-order valence-electron chi connectivity index (χ4n) is 2.06. The highest BCUT2D eigenvalue weighted by atomic mass is 19.4. The van der Waals surface area contributed by atoms with Crippen LogP contribution in [0.3, 0.4) is 0 Å². The molecule has 0 aliphatic carbocycles. The van der Waals surface area contributed by atoms with Crippen molar-refractivity contribution in [2.24, 2.45) is 0 Å². The fraction of sp³-hybridized carbons (Fsp3) is 0.500. The molecule has 0 N–H and O–H groups in total. The number of halogens is 3. The number of nitrogens with zero attached hydrogens (tertiary/aromatic N) is 1.